The molecule has 0 unspecified atom stereocenters. The van der Waals surface area contributed by atoms with Gasteiger partial charge in [0, 0.05) is 6.54 Å². The molecule has 0 atom stereocenters. The minimum atomic E-state index is -3.93. The number of aryl methyl sites for hydroxylation is 2. The number of primary sulfonamides is 1. The second-order valence-electron chi connectivity index (χ2n) is 6.32. The van der Waals surface area contributed by atoms with E-state index in [2.05, 4.69) is 15.0 Å². The maximum Gasteiger partial charge on any atom is 0.338 e. The summed E-state index contributed by atoms with van der Waals surface area (Å²) in [5, 5.41) is 5.22. The third-order valence-corrected chi connectivity index (χ3v) is 5.41. The summed E-state index contributed by atoms with van der Waals surface area (Å²) in [6, 6.07) is 2.82. The van der Waals surface area contributed by atoms with Gasteiger partial charge in [-0.3, -0.25) is 0 Å². The van der Waals surface area contributed by atoms with Crippen molar-refractivity contribution >= 4 is 33.0 Å². The van der Waals surface area contributed by atoms with Gasteiger partial charge >= 0.3 is 5.97 Å². The summed E-state index contributed by atoms with van der Waals surface area (Å²) in [6.45, 7) is 3.99. The van der Waals surface area contributed by atoms with Crippen molar-refractivity contribution in [3.05, 3.63) is 41.5 Å². The van der Waals surface area contributed by atoms with E-state index in [1.54, 1.807) is 30.8 Å². The number of nitrogen functional groups attached to an aromatic ring is 1. The molecule has 0 aliphatic rings. The molecular weight excluding hydrogens is 384 g/mol. The Hall–Kier alpha value is -3.05. The van der Waals surface area contributed by atoms with Crippen molar-refractivity contribution < 1.29 is 17.9 Å². The summed E-state index contributed by atoms with van der Waals surface area (Å²) in [6.07, 6.45) is 3.46. The Balaban J connectivity index is 1.65. The average Bonchev–Trinajstić information content (AvgIpc) is 3.04. The van der Waals surface area contributed by atoms with Gasteiger partial charge in [0.1, 0.15) is 11.8 Å². The number of hydrogen-bond acceptors (Lipinski definition) is 8. The summed E-state index contributed by atoms with van der Waals surface area (Å²) in [5.41, 5.74) is 8.15. The molecule has 10 nitrogen and oxygen atoms in total. The lowest BCUT2D eigenvalue weighted by molar-refractivity contribution is 0.0496. The number of hydrogen-bond donors (Lipinski definition) is 2. The molecule has 4 N–H and O–H groups in total. The lowest BCUT2D eigenvalue weighted by Gasteiger charge is -2.11. The zero-order valence-electron chi connectivity index (χ0n) is 15.4. The maximum atomic E-state index is 12.3. The molecule has 0 saturated carbocycles. The molecule has 11 heteroatoms. The number of esters is 1. The molecule has 3 rings (SSSR count). The first-order chi connectivity index (χ1) is 13.2. The zero-order valence-corrected chi connectivity index (χ0v) is 16.2. The fourth-order valence-electron chi connectivity index (χ4n) is 2.79. The van der Waals surface area contributed by atoms with Gasteiger partial charge in [-0.25, -0.2) is 33.3 Å². The number of carbonyl (C=O) groups excluding carboxylic acids is 1. The van der Waals surface area contributed by atoms with Crippen LogP contribution in [0, 0.1) is 13.8 Å². The minimum absolute atomic E-state index is 0.0818. The van der Waals surface area contributed by atoms with Gasteiger partial charge in [0.15, 0.2) is 11.5 Å². The molecule has 2 heterocycles. The Morgan fingerprint density at radius 1 is 1.21 bits per heavy atom. The largest absolute Gasteiger partial charge is 0.462 e. The van der Waals surface area contributed by atoms with Crippen LogP contribution < -0.4 is 10.9 Å². The number of aromatic nitrogens is 4. The van der Waals surface area contributed by atoms with Crippen molar-refractivity contribution in [2.24, 2.45) is 5.14 Å². The number of anilines is 1. The van der Waals surface area contributed by atoms with Crippen molar-refractivity contribution in [2.45, 2.75) is 31.7 Å². The number of fused-ring (bicyclic) bond motifs is 1. The molecule has 0 amide bonds. The Labute approximate surface area is 161 Å². The van der Waals surface area contributed by atoms with Crippen LogP contribution >= 0.6 is 0 Å². The fraction of sp³-hybridized carbons (Fsp3) is 0.294. The molecule has 0 spiro atoms. The van der Waals surface area contributed by atoms with Crippen molar-refractivity contribution in [2.75, 3.05) is 12.3 Å². The summed E-state index contributed by atoms with van der Waals surface area (Å²) in [5.74, 6) is -0.314. The van der Waals surface area contributed by atoms with Crippen molar-refractivity contribution in [3.8, 4) is 0 Å². The second kappa shape index (κ2) is 7.52. The fourth-order valence-corrected chi connectivity index (χ4v) is 3.66. The van der Waals surface area contributed by atoms with E-state index in [0.29, 0.717) is 41.1 Å². The first-order valence-corrected chi connectivity index (χ1v) is 9.95. The van der Waals surface area contributed by atoms with Crippen molar-refractivity contribution in [3.63, 3.8) is 0 Å². The van der Waals surface area contributed by atoms with Crippen LogP contribution in [0.25, 0.3) is 11.2 Å². The van der Waals surface area contributed by atoms with E-state index in [-0.39, 0.29) is 17.1 Å². The molecule has 2 aromatic heterocycles. The summed E-state index contributed by atoms with van der Waals surface area (Å²) in [7, 11) is -3.93. The van der Waals surface area contributed by atoms with Crippen LogP contribution in [-0.4, -0.2) is 40.5 Å². The SMILES string of the molecule is Cc1cc(C(=O)OCCCn2cnc3c(N)ncnc32)cc(S(N)(=O)=O)c1C. The number of ether oxygens (including phenoxy) is 1. The van der Waals surface area contributed by atoms with E-state index in [9.17, 15) is 13.2 Å². The molecule has 148 valence electrons. The lowest BCUT2D eigenvalue weighted by Crippen LogP contribution is -2.16. The predicted octanol–water partition coefficient (Wildman–Crippen LogP) is 0.920. The smallest absolute Gasteiger partial charge is 0.338 e. The monoisotopic (exact) mass is 404 g/mol. The average molecular weight is 404 g/mol. The molecule has 0 bridgehead atoms. The van der Waals surface area contributed by atoms with Crippen LogP contribution in [-0.2, 0) is 21.3 Å². The summed E-state index contributed by atoms with van der Waals surface area (Å²) >= 11 is 0. The van der Waals surface area contributed by atoms with Gasteiger partial charge in [-0.15, -0.1) is 0 Å². The third-order valence-electron chi connectivity index (χ3n) is 4.37. The molecule has 0 fully saturated rings. The summed E-state index contributed by atoms with van der Waals surface area (Å²) in [4.78, 5) is 24.4. The Morgan fingerprint density at radius 3 is 2.68 bits per heavy atom. The van der Waals surface area contributed by atoms with E-state index in [1.807, 2.05) is 0 Å². The van der Waals surface area contributed by atoms with E-state index in [1.165, 1.54) is 12.4 Å². The topological polar surface area (TPSA) is 156 Å². The van der Waals surface area contributed by atoms with Crippen LogP contribution in [0.2, 0.25) is 0 Å². The van der Waals surface area contributed by atoms with Crippen molar-refractivity contribution in [1.82, 2.24) is 19.5 Å². The number of benzene rings is 1. The second-order valence-corrected chi connectivity index (χ2v) is 7.85. The van der Waals surface area contributed by atoms with E-state index >= 15 is 0 Å². The highest BCUT2D eigenvalue weighted by atomic mass is 32.2. The van der Waals surface area contributed by atoms with Gasteiger partial charge in [-0.1, -0.05) is 0 Å². The minimum Gasteiger partial charge on any atom is -0.462 e. The molecule has 1 aromatic carbocycles. The van der Waals surface area contributed by atoms with Gasteiger partial charge in [0.25, 0.3) is 0 Å². The van der Waals surface area contributed by atoms with E-state index < -0.39 is 16.0 Å². The van der Waals surface area contributed by atoms with E-state index in [0.717, 1.165) is 0 Å². The predicted molar refractivity (Wildman–Crippen MR) is 102 cm³/mol. The quantitative estimate of drug-likeness (QED) is 0.454. The highest BCUT2D eigenvalue weighted by Crippen LogP contribution is 2.21. The third kappa shape index (κ3) is 3.94. The molecule has 0 saturated heterocycles. The van der Waals surface area contributed by atoms with Crippen LogP contribution in [0.3, 0.4) is 0 Å². The maximum absolute atomic E-state index is 12.3. The molecule has 3 aromatic rings. The van der Waals surface area contributed by atoms with Crippen LogP contribution in [0.15, 0.2) is 29.7 Å². The molecule has 28 heavy (non-hydrogen) atoms. The first-order valence-electron chi connectivity index (χ1n) is 8.41. The van der Waals surface area contributed by atoms with Gasteiger partial charge in [0.05, 0.1) is 23.4 Å². The first kappa shape index (κ1) is 19.7. The Morgan fingerprint density at radius 2 is 1.96 bits per heavy atom. The Bertz CT molecular complexity index is 1160. The molecule has 0 aliphatic carbocycles. The molecule has 0 aliphatic heterocycles. The van der Waals surface area contributed by atoms with Gasteiger partial charge in [-0.2, -0.15) is 0 Å². The van der Waals surface area contributed by atoms with Gasteiger partial charge in [0.2, 0.25) is 10.0 Å². The number of sulfonamides is 1. The summed E-state index contributed by atoms with van der Waals surface area (Å²) < 4.78 is 30.4. The number of carbonyl (C=O) groups is 1. The highest BCUT2D eigenvalue weighted by molar-refractivity contribution is 7.89. The van der Waals surface area contributed by atoms with Crippen molar-refractivity contribution in [1.29, 1.82) is 0 Å². The highest BCUT2D eigenvalue weighted by Gasteiger charge is 2.18. The van der Waals surface area contributed by atoms with Gasteiger partial charge < -0.3 is 15.0 Å². The zero-order chi connectivity index (χ0) is 20.5. The van der Waals surface area contributed by atoms with Crippen LogP contribution in [0.4, 0.5) is 5.82 Å². The number of nitrogens with two attached hydrogens (primary N) is 2. The van der Waals surface area contributed by atoms with Gasteiger partial charge in [-0.05, 0) is 43.5 Å². The van der Waals surface area contributed by atoms with E-state index in [4.69, 9.17) is 15.6 Å². The molecular formula is C17H20N6O4S. The van der Waals surface area contributed by atoms with Crippen LogP contribution in [0.1, 0.15) is 27.9 Å². The van der Waals surface area contributed by atoms with Crippen LogP contribution in [0.5, 0.6) is 0 Å². The lowest BCUT2D eigenvalue weighted by atomic mass is 10.1. The number of nitrogens with zero attached hydrogens (tertiary/aromatic N) is 4. The number of rotatable bonds is 6. The standard InChI is InChI=1S/C17H20N6O4S/c1-10-6-12(7-13(11(10)2)28(19,25)26)17(24)27-5-3-4-23-9-22-14-15(18)20-8-21-16(14)23/h6-9H,3-5H2,1-2H3,(H2,18,20,21)(H2,19,25,26). The Kier molecular flexibility index (Phi) is 5.29. The normalized spacial score (nSPS) is 11.7. The molecule has 0 radical (unpaired) electrons. The number of imidazole rings is 1.